The average Bonchev–Trinajstić information content (AvgIpc) is 2.81. The van der Waals surface area contributed by atoms with Crippen LogP contribution in [0.5, 0.6) is 0 Å². The first-order valence-electron chi connectivity index (χ1n) is 6.03. The van der Waals surface area contributed by atoms with Gasteiger partial charge in [-0.05, 0) is 37.0 Å². The second-order valence-corrected chi connectivity index (χ2v) is 4.84. The fraction of sp³-hybridized carbons (Fsp3) is 0.385. The molecule has 0 atom stereocenters. The molecular formula is C13H16N4. The molecule has 0 radical (unpaired) electrons. The lowest BCUT2D eigenvalue weighted by atomic mass is 9.82. The van der Waals surface area contributed by atoms with Crippen LogP contribution in [0, 0.1) is 5.92 Å². The lowest BCUT2D eigenvalue weighted by Gasteiger charge is -2.34. The fourth-order valence-corrected chi connectivity index (χ4v) is 2.35. The maximum absolute atomic E-state index is 3.82. The normalized spacial score (nSPS) is 23.1. The van der Waals surface area contributed by atoms with Gasteiger partial charge >= 0.3 is 0 Å². The number of hydrogen-bond donors (Lipinski definition) is 1. The van der Waals surface area contributed by atoms with Crippen LogP contribution in [0.1, 0.15) is 19.8 Å². The highest BCUT2D eigenvalue weighted by atomic mass is 15.2. The Balaban J connectivity index is 1.75. The van der Waals surface area contributed by atoms with Crippen molar-refractivity contribution in [3.05, 3.63) is 36.9 Å². The van der Waals surface area contributed by atoms with Crippen molar-refractivity contribution >= 4 is 5.69 Å². The summed E-state index contributed by atoms with van der Waals surface area (Å²) in [6.45, 7) is 2.30. The van der Waals surface area contributed by atoms with Crippen LogP contribution in [0.3, 0.4) is 0 Å². The first-order valence-corrected chi connectivity index (χ1v) is 6.03. The van der Waals surface area contributed by atoms with Crippen LogP contribution in [-0.4, -0.2) is 20.8 Å². The summed E-state index contributed by atoms with van der Waals surface area (Å²) in [5.41, 5.74) is 2.26. The van der Waals surface area contributed by atoms with Gasteiger partial charge in [0.15, 0.2) is 0 Å². The molecule has 1 aromatic carbocycles. The molecular weight excluding hydrogens is 212 g/mol. The number of benzene rings is 1. The van der Waals surface area contributed by atoms with Crippen LogP contribution in [0.4, 0.5) is 5.69 Å². The Kier molecular flexibility index (Phi) is 2.55. The molecule has 1 aliphatic carbocycles. The maximum Gasteiger partial charge on any atom is 0.123 e. The van der Waals surface area contributed by atoms with Gasteiger partial charge in [-0.25, -0.2) is 0 Å². The average molecular weight is 228 g/mol. The van der Waals surface area contributed by atoms with Gasteiger partial charge in [0.05, 0.1) is 5.69 Å². The highest BCUT2D eigenvalue weighted by molar-refractivity contribution is 5.51. The zero-order valence-electron chi connectivity index (χ0n) is 9.87. The quantitative estimate of drug-likeness (QED) is 0.877. The molecule has 0 spiro atoms. The summed E-state index contributed by atoms with van der Waals surface area (Å²) in [7, 11) is 0. The van der Waals surface area contributed by atoms with Crippen molar-refractivity contribution in [3.8, 4) is 5.69 Å². The largest absolute Gasteiger partial charge is 0.382 e. The van der Waals surface area contributed by atoms with Gasteiger partial charge in [0.25, 0.3) is 0 Å². The van der Waals surface area contributed by atoms with E-state index in [1.165, 1.54) is 18.5 Å². The van der Waals surface area contributed by atoms with Crippen molar-refractivity contribution < 1.29 is 0 Å². The van der Waals surface area contributed by atoms with E-state index in [1.807, 2.05) is 4.57 Å². The second kappa shape index (κ2) is 4.20. The highest BCUT2D eigenvalue weighted by Gasteiger charge is 2.24. The summed E-state index contributed by atoms with van der Waals surface area (Å²) < 4.78 is 1.91. The van der Waals surface area contributed by atoms with E-state index in [0.29, 0.717) is 6.04 Å². The molecule has 1 heterocycles. The molecule has 0 unspecified atom stereocenters. The highest BCUT2D eigenvalue weighted by Crippen LogP contribution is 2.29. The predicted octanol–water partition coefficient (Wildman–Crippen LogP) is 2.48. The first kappa shape index (κ1) is 10.3. The summed E-state index contributed by atoms with van der Waals surface area (Å²) in [4.78, 5) is 0. The number of aromatic nitrogens is 3. The molecule has 88 valence electrons. The van der Waals surface area contributed by atoms with E-state index in [2.05, 4.69) is 46.7 Å². The van der Waals surface area contributed by atoms with Crippen molar-refractivity contribution in [2.24, 2.45) is 5.92 Å². The van der Waals surface area contributed by atoms with Gasteiger partial charge in [-0.1, -0.05) is 13.0 Å². The van der Waals surface area contributed by atoms with Crippen molar-refractivity contribution in [3.63, 3.8) is 0 Å². The number of hydrogen-bond acceptors (Lipinski definition) is 3. The van der Waals surface area contributed by atoms with Crippen molar-refractivity contribution in [1.29, 1.82) is 0 Å². The third kappa shape index (κ3) is 2.16. The van der Waals surface area contributed by atoms with Gasteiger partial charge in [0.2, 0.25) is 0 Å². The molecule has 17 heavy (non-hydrogen) atoms. The van der Waals surface area contributed by atoms with E-state index in [4.69, 9.17) is 0 Å². The third-order valence-corrected chi connectivity index (χ3v) is 3.31. The minimum atomic E-state index is 0.640. The number of nitrogens with zero attached hydrogens (tertiary/aromatic N) is 3. The predicted molar refractivity (Wildman–Crippen MR) is 67.2 cm³/mol. The topological polar surface area (TPSA) is 42.7 Å². The molecule has 1 aromatic heterocycles. The molecule has 1 aliphatic rings. The van der Waals surface area contributed by atoms with Crippen molar-refractivity contribution in [2.45, 2.75) is 25.8 Å². The Morgan fingerprint density at radius 1 is 1.24 bits per heavy atom. The molecule has 1 fully saturated rings. The van der Waals surface area contributed by atoms with Crippen LogP contribution >= 0.6 is 0 Å². The zero-order chi connectivity index (χ0) is 11.7. The minimum Gasteiger partial charge on any atom is -0.382 e. The van der Waals surface area contributed by atoms with E-state index in [1.54, 1.807) is 12.7 Å². The fourth-order valence-electron chi connectivity index (χ4n) is 2.35. The zero-order valence-corrected chi connectivity index (χ0v) is 9.87. The molecule has 2 aromatic rings. The molecule has 0 saturated heterocycles. The molecule has 3 rings (SSSR count). The minimum absolute atomic E-state index is 0.640. The van der Waals surface area contributed by atoms with E-state index >= 15 is 0 Å². The standard InChI is InChI=1S/C13H16N4/c1-10-5-12(6-10)16-11-3-2-4-13(7-11)17-8-14-15-9-17/h2-4,7-10,12,16H,5-6H2,1H3. The van der Waals surface area contributed by atoms with Gasteiger partial charge < -0.3 is 5.32 Å². The number of anilines is 1. The van der Waals surface area contributed by atoms with E-state index < -0.39 is 0 Å². The summed E-state index contributed by atoms with van der Waals surface area (Å²) >= 11 is 0. The summed E-state index contributed by atoms with van der Waals surface area (Å²) in [5.74, 6) is 0.869. The maximum atomic E-state index is 3.82. The summed E-state index contributed by atoms with van der Waals surface area (Å²) in [6, 6.07) is 8.99. The Labute approximate surface area is 101 Å². The molecule has 1 saturated carbocycles. The van der Waals surface area contributed by atoms with Crippen molar-refractivity contribution in [2.75, 3.05) is 5.32 Å². The van der Waals surface area contributed by atoms with Gasteiger partial charge in [0, 0.05) is 11.7 Å². The summed E-state index contributed by atoms with van der Waals surface area (Å²) in [6.07, 6.45) is 5.97. The van der Waals surface area contributed by atoms with Gasteiger partial charge in [-0.2, -0.15) is 0 Å². The smallest absolute Gasteiger partial charge is 0.123 e. The van der Waals surface area contributed by atoms with Gasteiger partial charge in [0.1, 0.15) is 12.7 Å². The molecule has 1 N–H and O–H groups in total. The van der Waals surface area contributed by atoms with Crippen LogP contribution in [0.15, 0.2) is 36.9 Å². The van der Waals surface area contributed by atoms with Gasteiger partial charge in [-0.15, -0.1) is 10.2 Å². The third-order valence-electron chi connectivity index (χ3n) is 3.31. The Hall–Kier alpha value is -1.84. The van der Waals surface area contributed by atoms with Crippen molar-refractivity contribution in [1.82, 2.24) is 14.8 Å². The Bertz CT molecular complexity index is 486. The van der Waals surface area contributed by atoms with Crippen LogP contribution in [0.2, 0.25) is 0 Å². The van der Waals surface area contributed by atoms with E-state index in [0.717, 1.165) is 11.6 Å². The van der Waals surface area contributed by atoms with Crippen LogP contribution in [-0.2, 0) is 0 Å². The molecule has 0 bridgehead atoms. The lowest BCUT2D eigenvalue weighted by Crippen LogP contribution is -2.33. The van der Waals surface area contributed by atoms with Crippen LogP contribution < -0.4 is 5.32 Å². The van der Waals surface area contributed by atoms with Crippen LogP contribution in [0.25, 0.3) is 5.69 Å². The van der Waals surface area contributed by atoms with E-state index in [9.17, 15) is 0 Å². The SMILES string of the molecule is CC1CC(Nc2cccc(-n3cnnc3)c2)C1. The number of rotatable bonds is 3. The van der Waals surface area contributed by atoms with Gasteiger partial charge in [-0.3, -0.25) is 4.57 Å². The lowest BCUT2D eigenvalue weighted by molar-refractivity contribution is 0.309. The first-order chi connectivity index (χ1) is 8.31. The Morgan fingerprint density at radius 3 is 2.71 bits per heavy atom. The monoisotopic (exact) mass is 228 g/mol. The molecule has 0 aliphatic heterocycles. The molecule has 0 amide bonds. The Morgan fingerprint density at radius 2 is 2.00 bits per heavy atom. The van der Waals surface area contributed by atoms with E-state index in [-0.39, 0.29) is 0 Å². The molecule has 4 nitrogen and oxygen atoms in total. The number of nitrogens with one attached hydrogen (secondary N) is 1. The molecule has 4 heteroatoms. The second-order valence-electron chi connectivity index (χ2n) is 4.84. The summed E-state index contributed by atoms with van der Waals surface area (Å²) in [5, 5.41) is 11.2.